The van der Waals surface area contributed by atoms with Crippen LogP contribution in [0.5, 0.6) is 5.75 Å². The Hall–Kier alpha value is -2.28. The third kappa shape index (κ3) is 2.13. The van der Waals surface area contributed by atoms with E-state index in [1.807, 2.05) is 6.92 Å². The largest absolute Gasteiger partial charge is 0.494 e. The molecule has 0 spiro atoms. The van der Waals surface area contributed by atoms with Gasteiger partial charge in [0, 0.05) is 17.6 Å². The Morgan fingerprint density at radius 3 is 2.94 bits per heavy atom. The number of nitriles is 1. The highest BCUT2D eigenvalue weighted by Gasteiger charge is 2.04. The summed E-state index contributed by atoms with van der Waals surface area (Å²) in [5, 5.41) is 9.29. The maximum absolute atomic E-state index is 11.7. The third-order valence-corrected chi connectivity index (χ3v) is 2.50. The van der Waals surface area contributed by atoms with Crippen LogP contribution < -0.4 is 10.2 Å². The molecule has 4 heteroatoms. The number of hydrogen-bond donors (Lipinski definition) is 0. The van der Waals surface area contributed by atoms with Crippen molar-refractivity contribution in [2.45, 2.75) is 13.5 Å². The van der Waals surface area contributed by atoms with Gasteiger partial charge in [-0.15, -0.1) is 0 Å². The maximum atomic E-state index is 11.7. The summed E-state index contributed by atoms with van der Waals surface area (Å²) in [4.78, 5) is 11.7. The van der Waals surface area contributed by atoms with Crippen LogP contribution in [0.4, 0.5) is 0 Å². The zero-order valence-electron chi connectivity index (χ0n) is 9.51. The zero-order chi connectivity index (χ0) is 12.3. The second kappa shape index (κ2) is 4.71. The predicted molar refractivity (Wildman–Crippen MR) is 65.0 cm³/mol. The number of rotatable bonds is 3. The van der Waals surface area contributed by atoms with E-state index in [-0.39, 0.29) is 12.0 Å². The highest BCUT2D eigenvalue weighted by atomic mass is 16.5. The molecule has 0 fully saturated rings. The number of hydrogen-bond acceptors (Lipinski definition) is 3. The lowest BCUT2D eigenvalue weighted by Crippen LogP contribution is -2.07. The van der Waals surface area contributed by atoms with Gasteiger partial charge in [-0.3, -0.25) is 4.79 Å². The molecule has 0 unspecified atom stereocenters. The van der Waals surface area contributed by atoms with Gasteiger partial charge in [0.15, 0.2) is 5.43 Å². The molecule has 0 amide bonds. The van der Waals surface area contributed by atoms with Gasteiger partial charge in [0.05, 0.1) is 18.2 Å². The minimum Gasteiger partial charge on any atom is -0.494 e. The van der Waals surface area contributed by atoms with Crippen LogP contribution in [0.1, 0.15) is 6.92 Å². The molecule has 1 aromatic carbocycles. The normalized spacial score (nSPS) is 10.1. The van der Waals surface area contributed by atoms with Crippen molar-refractivity contribution in [3.05, 3.63) is 40.7 Å². The zero-order valence-corrected chi connectivity index (χ0v) is 9.51. The minimum atomic E-state index is -0.0595. The summed E-state index contributed by atoms with van der Waals surface area (Å²) in [5.74, 6) is 0.673. The minimum absolute atomic E-state index is 0.0595. The first-order valence-electron chi connectivity index (χ1n) is 5.39. The van der Waals surface area contributed by atoms with Crippen LogP contribution in [-0.2, 0) is 6.54 Å². The van der Waals surface area contributed by atoms with Gasteiger partial charge < -0.3 is 9.30 Å². The molecule has 0 aliphatic carbocycles. The topological polar surface area (TPSA) is 55.0 Å². The molecule has 0 radical (unpaired) electrons. The molecular weight excluding hydrogens is 216 g/mol. The Balaban J connectivity index is 2.65. The molecule has 86 valence electrons. The van der Waals surface area contributed by atoms with Crippen LogP contribution in [0.25, 0.3) is 10.9 Å². The molecule has 2 aromatic rings. The molecule has 0 N–H and O–H groups in total. The molecular formula is C13H12N2O2. The first kappa shape index (κ1) is 11.2. The predicted octanol–water partition coefficient (Wildman–Crippen LogP) is 1.92. The summed E-state index contributed by atoms with van der Waals surface area (Å²) in [6.45, 7) is 2.68. The van der Waals surface area contributed by atoms with E-state index in [1.165, 1.54) is 6.07 Å². The number of fused-ring (bicyclic) bond motifs is 1. The standard InChI is InChI=1S/C13H12N2O2/c1-2-17-10-3-4-12-11(9-10)13(16)5-7-15(12)8-6-14/h3-5,7,9H,2,8H2,1H3. The molecule has 4 nitrogen and oxygen atoms in total. The summed E-state index contributed by atoms with van der Waals surface area (Å²) >= 11 is 0. The van der Waals surface area contributed by atoms with Gasteiger partial charge in [-0.1, -0.05) is 0 Å². The van der Waals surface area contributed by atoms with Crippen molar-refractivity contribution >= 4 is 10.9 Å². The number of pyridine rings is 1. The van der Waals surface area contributed by atoms with Crippen LogP contribution in [-0.4, -0.2) is 11.2 Å². The van der Waals surface area contributed by atoms with E-state index in [4.69, 9.17) is 10.00 Å². The van der Waals surface area contributed by atoms with Crippen molar-refractivity contribution in [1.82, 2.24) is 4.57 Å². The number of benzene rings is 1. The highest BCUT2D eigenvalue weighted by molar-refractivity contribution is 5.80. The van der Waals surface area contributed by atoms with Crippen molar-refractivity contribution in [2.24, 2.45) is 0 Å². The van der Waals surface area contributed by atoms with E-state index in [0.717, 1.165) is 5.52 Å². The number of nitrogens with zero attached hydrogens (tertiary/aromatic N) is 2. The second-order valence-electron chi connectivity index (χ2n) is 3.58. The lowest BCUT2D eigenvalue weighted by atomic mass is 10.2. The molecule has 2 rings (SSSR count). The summed E-state index contributed by atoms with van der Waals surface area (Å²) in [5.41, 5.74) is 0.693. The monoisotopic (exact) mass is 228 g/mol. The molecule has 0 aliphatic rings. The molecule has 0 atom stereocenters. The second-order valence-corrected chi connectivity index (χ2v) is 3.58. The summed E-state index contributed by atoms with van der Waals surface area (Å²) in [6, 6.07) is 8.86. The first-order chi connectivity index (χ1) is 8.26. The maximum Gasteiger partial charge on any atom is 0.189 e. The van der Waals surface area contributed by atoms with Crippen LogP contribution in [0.15, 0.2) is 35.3 Å². The fraction of sp³-hybridized carbons (Fsp3) is 0.231. The lowest BCUT2D eigenvalue weighted by molar-refractivity contribution is 0.340. The van der Waals surface area contributed by atoms with Crippen molar-refractivity contribution in [2.75, 3.05) is 6.61 Å². The van der Waals surface area contributed by atoms with E-state index >= 15 is 0 Å². The lowest BCUT2D eigenvalue weighted by Gasteiger charge is -2.08. The Morgan fingerprint density at radius 1 is 1.41 bits per heavy atom. The summed E-state index contributed by atoms with van der Waals surface area (Å²) < 4.78 is 7.10. The van der Waals surface area contributed by atoms with Crippen molar-refractivity contribution in [1.29, 1.82) is 5.26 Å². The highest BCUT2D eigenvalue weighted by Crippen LogP contribution is 2.18. The smallest absolute Gasteiger partial charge is 0.189 e. The molecule has 0 aliphatic heterocycles. The van der Waals surface area contributed by atoms with Gasteiger partial charge in [0.2, 0.25) is 0 Å². The van der Waals surface area contributed by atoms with Crippen LogP contribution in [0, 0.1) is 11.3 Å². The average molecular weight is 228 g/mol. The molecule has 0 saturated heterocycles. The van der Waals surface area contributed by atoms with E-state index < -0.39 is 0 Å². The Kier molecular flexibility index (Phi) is 3.10. The van der Waals surface area contributed by atoms with Gasteiger partial charge in [-0.2, -0.15) is 5.26 Å². The summed E-state index contributed by atoms with van der Waals surface area (Å²) in [6.07, 6.45) is 1.63. The molecule has 0 bridgehead atoms. The number of ether oxygens (including phenoxy) is 1. The van der Waals surface area contributed by atoms with Crippen molar-refractivity contribution < 1.29 is 4.74 Å². The van der Waals surface area contributed by atoms with E-state index in [0.29, 0.717) is 17.7 Å². The van der Waals surface area contributed by atoms with Crippen LogP contribution in [0.3, 0.4) is 0 Å². The summed E-state index contributed by atoms with van der Waals surface area (Å²) in [7, 11) is 0. The van der Waals surface area contributed by atoms with Crippen LogP contribution >= 0.6 is 0 Å². The van der Waals surface area contributed by atoms with Gasteiger partial charge >= 0.3 is 0 Å². The van der Waals surface area contributed by atoms with E-state index in [2.05, 4.69) is 6.07 Å². The molecule has 1 heterocycles. The van der Waals surface area contributed by atoms with Crippen molar-refractivity contribution in [3.8, 4) is 11.8 Å². The van der Waals surface area contributed by atoms with Gasteiger partial charge in [-0.05, 0) is 25.1 Å². The Morgan fingerprint density at radius 2 is 2.24 bits per heavy atom. The molecule has 1 aromatic heterocycles. The fourth-order valence-corrected chi connectivity index (χ4v) is 1.76. The Bertz CT molecular complexity index is 638. The van der Waals surface area contributed by atoms with Gasteiger partial charge in [-0.25, -0.2) is 0 Å². The third-order valence-electron chi connectivity index (χ3n) is 2.50. The van der Waals surface area contributed by atoms with E-state index in [9.17, 15) is 4.79 Å². The molecule has 0 saturated carbocycles. The number of aromatic nitrogens is 1. The van der Waals surface area contributed by atoms with Crippen LogP contribution in [0.2, 0.25) is 0 Å². The van der Waals surface area contributed by atoms with E-state index in [1.54, 1.807) is 29.0 Å². The molecule has 17 heavy (non-hydrogen) atoms. The van der Waals surface area contributed by atoms with Gasteiger partial charge in [0.25, 0.3) is 0 Å². The first-order valence-corrected chi connectivity index (χ1v) is 5.39. The SMILES string of the molecule is CCOc1ccc2c(c1)c(=O)ccn2CC#N. The quantitative estimate of drug-likeness (QED) is 0.806. The van der Waals surface area contributed by atoms with Crippen molar-refractivity contribution in [3.63, 3.8) is 0 Å². The van der Waals surface area contributed by atoms with Gasteiger partial charge in [0.1, 0.15) is 12.3 Å². The fourth-order valence-electron chi connectivity index (χ4n) is 1.76. The average Bonchev–Trinajstić information content (AvgIpc) is 2.34. The Labute approximate surface area is 98.7 Å².